The number of ketones is 1. The summed E-state index contributed by atoms with van der Waals surface area (Å²) in [6.45, 7) is 2.58. The lowest BCUT2D eigenvalue weighted by Gasteiger charge is -2.08. The second-order valence-corrected chi connectivity index (χ2v) is 5.96. The molecule has 0 spiro atoms. The van der Waals surface area contributed by atoms with Crippen molar-refractivity contribution in [3.8, 4) is 5.75 Å². The van der Waals surface area contributed by atoms with Crippen LogP contribution in [0.4, 0.5) is 0 Å². The lowest BCUT2D eigenvalue weighted by molar-refractivity contribution is 0.0983. The highest BCUT2D eigenvalue weighted by Gasteiger charge is 2.21. The number of halogens is 1. The highest BCUT2D eigenvalue weighted by atomic mass is 79.9. The highest BCUT2D eigenvalue weighted by Crippen LogP contribution is 2.33. The molecule has 104 valence electrons. The van der Waals surface area contributed by atoms with Crippen LogP contribution in [0.2, 0.25) is 0 Å². The Morgan fingerprint density at radius 2 is 2.25 bits per heavy atom. The fourth-order valence-corrected chi connectivity index (χ4v) is 3.17. The van der Waals surface area contributed by atoms with E-state index in [1.165, 1.54) is 5.56 Å². The highest BCUT2D eigenvalue weighted by molar-refractivity contribution is 9.10. The first-order valence-electron chi connectivity index (χ1n) is 6.52. The van der Waals surface area contributed by atoms with Gasteiger partial charge in [-0.1, -0.05) is 15.9 Å². The lowest BCUT2D eigenvalue weighted by atomic mass is 10.0. The molecule has 0 unspecified atom stereocenters. The zero-order valence-corrected chi connectivity index (χ0v) is 13.0. The Labute approximate surface area is 125 Å². The number of carbonyl (C=O) groups excluding carboxylic acids is 1. The van der Waals surface area contributed by atoms with Crippen molar-refractivity contribution in [1.82, 2.24) is 9.78 Å². The molecule has 0 atom stereocenters. The third-order valence-electron chi connectivity index (χ3n) is 3.46. The molecule has 0 amide bonds. The number of benzene rings is 1. The number of rotatable bonds is 3. The first-order valence-corrected chi connectivity index (χ1v) is 7.32. The standard InChI is InChI=1S/C15H15BrN2O2/c1-9-5-13(18(2)17-9)14(19)8-11-7-12(16)6-10-3-4-20-15(10)11/h5-7H,3-4,8H2,1-2H3. The maximum Gasteiger partial charge on any atom is 0.185 e. The van der Waals surface area contributed by atoms with Gasteiger partial charge in [-0.25, -0.2) is 0 Å². The van der Waals surface area contributed by atoms with Gasteiger partial charge in [-0.2, -0.15) is 5.10 Å². The van der Waals surface area contributed by atoms with Gasteiger partial charge in [-0.05, 0) is 30.7 Å². The SMILES string of the molecule is Cc1cc(C(=O)Cc2cc(Br)cc3c2OCC3)n(C)n1. The summed E-state index contributed by atoms with van der Waals surface area (Å²) in [6, 6.07) is 5.84. The summed E-state index contributed by atoms with van der Waals surface area (Å²) in [5.41, 5.74) is 3.60. The van der Waals surface area contributed by atoms with Gasteiger partial charge in [0.05, 0.1) is 12.3 Å². The molecule has 0 radical (unpaired) electrons. The predicted molar refractivity (Wildman–Crippen MR) is 79.3 cm³/mol. The summed E-state index contributed by atoms with van der Waals surface area (Å²) in [5, 5.41) is 4.22. The molecule has 2 heterocycles. The molecular formula is C15H15BrN2O2. The van der Waals surface area contributed by atoms with Gasteiger partial charge >= 0.3 is 0 Å². The smallest absolute Gasteiger partial charge is 0.185 e. The van der Waals surface area contributed by atoms with E-state index in [9.17, 15) is 4.79 Å². The molecule has 20 heavy (non-hydrogen) atoms. The predicted octanol–water partition coefficient (Wildman–Crippen LogP) is 2.85. The molecule has 0 fully saturated rings. The van der Waals surface area contributed by atoms with Crippen molar-refractivity contribution in [1.29, 1.82) is 0 Å². The molecule has 0 saturated heterocycles. The number of fused-ring (bicyclic) bond motifs is 1. The van der Waals surface area contributed by atoms with Gasteiger partial charge in [0.2, 0.25) is 0 Å². The van der Waals surface area contributed by atoms with Crippen LogP contribution in [0.1, 0.15) is 27.3 Å². The Bertz CT molecular complexity index is 691. The number of nitrogens with zero attached hydrogens (tertiary/aromatic N) is 2. The van der Waals surface area contributed by atoms with E-state index in [1.54, 1.807) is 11.7 Å². The maximum absolute atomic E-state index is 12.4. The number of carbonyl (C=O) groups is 1. The van der Waals surface area contributed by atoms with E-state index < -0.39 is 0 Å². The molecule has 0 N–H and O–H groups in total. The van der Waals surface area contributed by atoms with E-state index in [-0.39, 0.29) is 5.78 Å². The molecule has 1 aliphatic heterocycles. The summed E-state index contributed by atoms with van der Waals surface area (Å²) >= 11 is 3.50. The molecule has 1 aromatic carbocycles. The van der Waals surface area contributed by atoms with E-state index in [0.717, 1.165) is 27.9 Å². The van der Waals surface area contributed by atoms with Gasteiger partial charge in [-0.15, -0.1) is 0 Å². The Kier molecular flexibility index (Phi) is 3.38. The van der Waals surface area contributed by atoms with E-state index in [1.807, 2.05) is 19.1 Å². The molecule has 4 nitrogen and oxygen atoms in total. The van der Waals surface area contributed by atoms with Crippen LogP contribution < -0.4 is 4.74 Å². The van der Waals surface area contributed by atoms with E-state index in [4.69, 9.17) is 4.74 Å². The van der Waals surface area contributed by atoms with E-state index >= 15 is 0 Å². The first-order chi connectivity index (χ1) is 9.54. The van der Waals surface area contributed by atoms with Crippen molar-refractivity contribution in [2.24, 2.45) is 7.05 Å². The molecule has 2 aromatic rings. The summed E-state index contributed by atoms with van der Waals surface area (Å²) < 4.78 is 8.29. The second-order valence-electron chi connectivity index (χ2n) is 5.05. The third-order valence-corrected chi connectivity index (χ3v) is 3.92. The topological polar surface area (TPSA) is 44.1 Å². The van der Waals surface area contributed by atoms with Gasteiger partial charge in [0.15, 0.2) is 5.78 Å². The number of aryl methyl sites for hydroxylation is 2. The Hall–Kier alpha value is -1.62. The van der Waals surface area contributed by atoms with Crippen LogP contribution in [0, 0.1) is 6.92 Å². The van der Waals surface area contributed by atoms with Gasteiger partial charge in [0, 0.05) is 29.9 Å². The van der Waals surface area contributed by atoms with Crippen LogP contribution in [0.3, 0.4) is 0 Å². The van der Waals surface area contributed by atoms with Crippen molar-refractivity contribution < 1.29 is 9.53 Å². The minimum absolute atomic E-state index is 0.0592. The zero-order chi connectivity index (χ0) is 14.3. The number of ether oxygens (including phenoxy) is 1. The molecule has 0 bridgehead atoms. The first kappa shape index (κ1) is 13.4. The van der Waals surface area contributed by atoms with Crippen molar-refractivity contribution in [2.45, 2.75) is 19.8 Å². The molecular weight excluding hydrogens is 320 g/mol. The monoisotopic (exact) mass is 334 g/mol. The van der Waals surface area contributed by atoms with Crippen molar-refractivity contribution >= 4 is 21.7 Å². The number of Topliss-reactive ketones (excluding diaryl/α,β-unsaturated/α-hetero) is 1. The van der Waals surface area contributed by atoms with Crippen LogP contribution in [0.5, 0.6) is 5.75 Å². The Morgan fingerprint density at radius 3 is 2.95 bits per heavy atom. The summed E-state index contributed by atoms with van der Waals surface area (Å²) in [4.78, 5) is 12.4. The maximum atomic E-state index is 12.4. The van der Waals surface area contributed by atoms with Crippen LogP contribution in [-0.2, 0) is 19.9 Å². The molecule has 1 aromatic heterocycles. The normalized spacial score (nSPS) is 13.2. The van der Waals surface area contributed by atoms with E-state index in [0.29, 0.717) is 18.7 Å². The van der Waals surface area contributed by atoms with Gasteiger partial charge in [-0.3, -0.25) is 9.48 Å². The van der Waals surface area contributed by atoms with Gasteiger partial charge in [0.1, 0.15) is 11.4 Å². The zero-order valence-electron chi connectivity index (χ0n) is 11.4. The van der Waals surface area contributed by atoms with Crippen LogP contribution in [-0.4, -0.2) is 22.2 Å². The molecule has 1 aliphatic rings. The van der Waals surface area contributed by atoms with Gasteiger partial charge in [0.25, 0.3) is 0 Å². The minimum atomic E-state index is 0.0592. The number of aromatic nitrogens is 2. The average Bonchev–Trinajstić information content (AvgIpc) is 2.95. The van der Waals surface area contributed by atoms with Crippen LogP contribution in [0.25, 0.3) is 0 Å². The quantitative estimate of drug-likeness (QED) is 0.810. The number of hydrogen-bond donors (Lipinski definition) is 0. The Balaban J connectivity index is 1.92. The van der Waals surface area contributed by atoms with E-state index in [2.05, 4.69) is 27.1 Å². The molecule has 5 heteroatoms. The molecule has 0 aliphatic carbocycles. The van der Waals surface area contributed by atoms with Gasteiger partial charge < -0.3 is 4.74 Å². The number of hydrogen-bond acceptors (Lipinski definition) is 3. The Morgan fingerprint density at radius 1 is 1.45 bits per heavy atom. The summed E-state index contributed by atoms with van der Waals surface area (Å²) in [7, 11) is 1.79. The summed E-state index contributed by atoms with van der Waals surface area (Å²) in [6.07, 6.45) is 1.24. The largest absolute Gasteiger partial charge is 0.493 e. The van der Waals surface area contributed by atoms with Crippen molar-refractivity contribution in [2.75, 3.05) is 6.61 Å². The minimum Gasteiger partial charge on any atom is -0.493 e. The third kappa shape index (κ3) is 2.38. The van der Waals surface area contributed by atoms with Crippen molar-refractivity contribution in [3.63, 3.8) is 0 Å². The van der Waals surface area contributed by atoms with Crippen LogP contribution in [0.15, 0.2) is 22.7 Å². The fraction of sp³-hybridized carbons (Fsp3) is 0.333. The summed E-state index contributed by atoms with van der Waals surface area (Å²) in [5.74, 6) is 0.935. The molecule has 3 rings (SSSR count). The van der Waals surface area contributed by atoms with Crippen molar-refractivity contribution in [3.05, 3.63) is 45.2 Å². The fourth-order valence-electron chi connectivity index (χ4n) is 2.61. The average molecular weight is 335 g/mol. The second kappa shape index (κ2) is 5.05. The molecule has 0 saturated carbocycles. The van der Waals surface area contributed by atoms with Crippen LogP contribution >= 0.6 is 15.9 Å². The lowest BCUT2D eigenvalue weighted by Crippen LogP contribution is -2.10.